The van der Waals surface area contributed by atoms with Crippen LogP contribution in [-0.4, -0.2) is 32.1 Å². The third kappa shape index (κ3) is 4.91. The van der Waals surface area contributed by atoms with Gasteiger partial charge >= 0.3 is 6.09 Å². The standard InChI is InChI=1S/C15H23N3O2/c1-5-11-16-12(3)18(4)14-9-7-13(8-10-14)17-15(19)20-6-2/h7-10H,5-6,11H2,1-4H3,(H,17,19). The Morgan fingerprint density at radius 3 is 2.50 bits per heavy atom. The summed E-state index contributed by atoms with van der Waals surface area (Å²) in [5, 5.41) is 2.66. The molecule has 0 radical (unpaired) electrons. The second-order valence-electron chi connectivity index (χ2n) is 4.38. The smallest absolute Gasteiger partial charge is 0.411 e. The number of amides is 1. The fourth-order valence-electron chi connectivity index (χ4n) is 1.62. The number of hydrogen-bond acceptors (Lipinski definition) is 3. The number of anilines is 2. The van der Waals surface area contributed by atoms with Gasteiger partial charge in [0, 0.05) is 25.0 Å². The van der Waals surface area contributed by atoms with Gasteiger partial charge in [-0.15, -0.1) is 0 Å². The van der Waals surface area contributed by atoms with E-state index >= 15 is 0 Å². The van der Waals surface area contributed by atoms with Crippen molar-refractivity contribution in [3.8, 4) is 0 Å². The molecular formula is C15H23N3O2. The minimum Gasteiger partial charge on any atom is -0.450 e. The second kappa shape index (κ2) is 8.19. The molecule has 1 rings (SSSR count). The normalized spacial score (nSPS) is 11.1. The molecule has 1 N–H and O–H groups in total. The van der Waals surface area contributed by atoms with E-state index in [0.29, 0.717) is 12.3 Å². The molecule has 1 aromatic carbocycles. The summed E-state index contributed by atoms with van der Waals surface area (Å²) in [5.41, 5.74) is 1.74. The number of aliphatic imine (C=N–C) groups is 1. The zero-order valence-corrected chi connectivity index (χ0v) is 12.6. The Labute approximate surface area is 120 Å². The van der Waals surface area contributed by atoms with E-state index in [4.69, 9.17) is 4.74 Å². The topological polar surface area (TPSA) is 53.9 Å². The number of ether oxygens (including phenoxy) is 1. The highest BCUT2D eigenvalue weighted by Gasteiger charge is 2.05. The number of carbonyl (C=O) groups excluding carboxylic acids is 1. The van der Waals surface area contributed by atoms with Crippen molar-refractivity contribution in [3.63, 3.8) is 0 Å². The van der Waals surface area contributed by atoms with Crippen molar-refractivity contribution >= 4 is 23.3 Å². The molecule has 20 heavy (non-hydrogen) atoms. The molecule has 5 heteroatoms. The molecule has 1 aromatic rings. The molecule has 0 aliphatic carbocycles. The van der Waals surface area contributed by atoms with E-state index in [-0.39, 0.29) is 0 Å². The lowest BCUT2D eigenvalue weighted by atomic mass is 10.2. The molecule has 0 spiro atoms. The van der Waals surface area contributed by atoms with Crippen LogP contribution >= 0.6 is 0 Å². The summed E-state index contributed by atoms with van der Waals surface area (Å²) >= 11 is 0. The zero-order chi connectivity index (χ0) is 15.0. The molecule has 5 nitrogen and oxygen atoms in total. The van der Waals surface area contributed by atoms with Crippen LogP contribution in [0.15, 0.2) is 29.3 Å². The van der Waals surface area contributed by atoms with Crippen molar-refractivity contribution in [1.82, 2.24) is 0 Å². The number of benzene rings is 1. The minimum atomic E-state index is -0.436. The number of rotatable bonds is 5. The Kier molecular flexibility index (Phi) is 6.56. The predicted octanol–water partition coefficient (Wildman–Crippen LogP) is 3.52. The Bertz CT molecular complexity index is 455. The fourth-order valence-corrected chi connectivity index (χ4v) is 1.62. The SMILES string of the molecule is CCCN=C(C)N(C)c1ccc(NC(=O)OCC)cc1. The lowest BCUT2D eigenvalue weighted by Crippen LogP contribution is -2.23. The Morgan fingerprint density at radius 2 is 1.95 bits per heavy atom. The summed E-state index contributed by atoms with van der Waals surface area (Å²) in [4.78, 5) is 17.8. The van der Waals surface area contributed by atoms with Crippen molar-refractivity contribution in [2.24, 2.45) is 4.99 Å². The van der Waals surface area contributed by atoms with Gasteiger partial charge in [-0.05, 0) is 44.5 Å². The molecular weight excluding hydrogens is 254 g/mol. The average Bonchev–Trinajstić information content (AvgIpc) is 2.45. The summed E-state index contributed by atoms with van der Waals surface area (Å²) in [6, 6.07) is 7.56. The van der Waals surface area contributed by atoms with Gasteiger partial charge in [0.1, 0.15) is 0 Å². The molecule has 0 aliphatic heterocycles. The minimum absolute atomic E-state index is 0.361. The first kappa shape index (κ1) is 16.0. The average molecular weight is 277 g/mol. The van der Waals surface area contributed by atoms with Crippen LogP contribution in [0.1, 0.15) is 27.2 Å². The summed E-state index contributed by atoms with van der Waals surface area (Å²) in [6.07, 6.45) is 0.599. The first-order chi connectivity index (χ1) is 9.58. The molecule has 0 bridgehead atoms. The van der Waals surface area contributed by atoms with E-state index in [0.717, 1.165) is 24.5 Å². The van der Waals surface area contributed by atoms with Gasteiger partial charge in [0.2, 0.25) is 0 Å². The largest absolute Gasteiger partial charge is 0.450 e. The molecule has 0 fully saturated rings. The van der Waals surface area contributed by atoms with E-state index in [1.54, 1.807) is 6.92 Å². The Hall–Kier alpha value is -2.04. The number of hydrogen-bond donors (Lipinski definition) is 1. The maximum atomic E-state index is 11.3. The molecule has 0 saturated heterocycles. The van der Waals surface area contributed by atoms with Gasteiger partial charge in [0.25, 0.3) is 0 Å². The van der Waals surface area contributed by atoms with Crippen molar-refractivity contribution in [2.75, 3.05) is 30.4 Å². The highest BCUT2D eigenvalue weighted by Crippen LogP contribution is 2.17. The second-order valence-corrected chi connectivity index (χ2v) is 4.38. The van der Waals surface area contributed by atoms with Gasteiger partial charge in [-0.25, -0.2) is 4.79 Å². The highest BCUT2D eigenvalue weighted by molar-refractivity contribution is 5.95. The van der Waals surface area contributed by atoms with Crippen molar-refractivity contribution < 1.29 is 9.53 Å². The summed E-state index contributed by atoms with van der Waals surface area (Å²) in [7, 11) is 1.97. The van der Waals surface area contributed by atoms with Crippen LogP contribution in [0.2, 0.25) is 0 Å². The van der Waals surface area contributed by atoms with E-state index in [1.807, 2.05) is 43.1 Å². The number of carbonyl (C=O) groups is 1. The van der Waals surface area contributed by atoms with Gasteiger partial charge in [0.05, 0.1) is 12.4 Å². The van der Waals surface area contributed by atoms with Crippen LogP contribution in [0.5, 0.6) is 0 Å². The van der Waals surface area contributed by atoms with Crippen LogP contribution in [0.4, 0.5) is 16.2 Å². The van der Waals surface area contributed by atoms with E-state index in [2.05, 4.69) is 17.2 Å². The van der Waals surface area contributed by atoms with Crippen LogP contribution in [0, 0.1) is 0 Å². The fraction of sp³-hybridized carbons (Fsp3) is 0.467. The predicted molar refractivity (Wildman–Crippen MR) is 83.8 cm³/mol. The zero-order valence-electron chi connectivity index (χ0n) is 12.6. The van der Waals surface area contributed by atoms with Crippen molar-refractivity contribution in [2.45, 2.75) is 27.2 Å². The van der Waals surface area contributed by atoms with Gasteiger partial charge in [-0.2, -0.15) is 0 Å². The Morgan fingerprint density at radius 1 is 1.30 bits per heavy atom. The summed E-state index contributed by atoms with van der Waals surface area (Å²) < 4.78 is 4.83. The van der Waals surface area contributed by atoms with Crippen molar-refractivity contribution in [3.05, 3.63) is 24.3 Å². The maximum absolute atomic E-state index is 11.3. The van der Waals surface area contributed by atoms with Crippen LogP contribution in [-0.2, 0) is 4.74 Å². The first-order valence-corrected chi connectivity index (χ1v) is 6.87. The van der Waals surface area contributed by atoms with Gasteiger partial charge in [0.15, 0.2) is 0 Å². The summed E-state index contributed by atoms with van der Waals surface area (Å²) in [6.45, 7) is 7.06. The number of nitrogens with one attached hydrogen (secondary N) is 1. The molecule has 0 heterocycles. The molecule has 0 saturated carbocycles. The third-order valence-electron chi connectivity index (χ3n) is 2.83. The van der Waals surface area contributed by atoms with Gasteiger partial charge in [-0.3, -0.25) is 10.3 Å². The van der Waals surface area contributed by atoms with Gasteiger partial charge in [-0.1, -0.05) is 6.92 Å². The summed E-state index contributed by atoms with van der Waals surface area (Å²) in [5.74, 6) is 0.970. The van der Waals surface area contributed by atoms with Crippen LogP contribution in [0.25, 0.3) is 0 Å². The van der Waals surface area contributed by atoms with E-state index in [1.165, 1.54) is 0 Å². The van der Waals surface area contributed by atoms with E-state index < -0.39 is 6.09 Å². The first-order valence-electron chi connectivity index (χ1n) is 6.87. The molecule has 0 aliphatic rings. The third-order valence-corrected chi connectivity index (χ3v) is 2.83. The molecule has 0 atom stereocenters. The number of amidine groups is 1. The number of nitrogens with zero attached hydrogens (tertiary/aromatic N) is 2. The molecule has 1 amide bonds. The quantitative estimate of drug-likeness (QED) is 0.662. The highest BCUT2D eigenvalue weighted by atomic mass is 16.5. The maximum Gasteiger partial charge on any atom is 0.411 e. The Balaban J connectivity index is 2.68. The monoisotopic (exact) mass is 277 g/mol. The molecule has 110 valence electrons. The van der Waals surface area contributed by atoms with E-state index in [9.17, 15) is 4.79 Å². The van der Waals surface area contributed by atoms with Crippen LogP contribution in [0.3, 0.4) is 0 Å². The van der Waals surface area contributed by atoms with Crippen molar-refractivity contribution in [1.29, 1.82) is 0 Å². The molecule has 0 unspecified atom stereocenters. The molecule has 0 aromatic heterocycles. The van der Waals surface area contributed by atoms with Crippen LogP contribution < -0.4 is 10.2 Å². The lowest BCUT2D eigenvalue weighted by Gasteiger charge is -2.19. The lowest BCUT2D eigenvalue weighted by molar-refractivity contribution is 0.168. The van der Waals surface area contributed by atoms with Gasteiger partial charge < -0.3 is 9.64 Å².